The SMILES string of the molecule is CCNC(=NCc1cn(C)nc1C(F)(F)F)N(C)Cc1ccc(OC(F)F)cc1.I. The summed E-state index contributed by atoms with van der Waals surface area (Å²) in [5.74, 6) is 0.445. The van der Waals surface area contributed by atoms with Crippen LogP contribution in [-0.4, -0.2) is 40.8 Å². The van der Waals surface area contributed by atoms with E-state index in [1.165, 1.54) is 25.4 Å². The summed E-state index contributed by atoms with van der Waals surface area (Å²) in [5, 5.41) is 6.49. The van der Waals surface area contributed by atoms with E-state index in [4.69, 9.17) is 0 Å². The maximum Gasteiger partial charge on any atom is 0.435 e. The number of benzene rings is 1. The zero-order valence-electron chi connectivity index (χ0n) is 16.6. The minimum atomic E-state index is -4.56. The van der Waals surface area contributed by atoms with E-state index < -0.39 is 18.5 Å². The smallest absolute Gasteiger partial charge is 0.435 e. The van der Waals surface area contributed by atoms with Gasteiger partial charge in [0.25, 0.3) is 0 Å². The number of aromatic nitrogens is 2. The summed E-state index contributed by atoms with van der Waals surface area (Å²) in [6, 6.07) is 6.09. The van der Waals surface area contributed by atoms with Crippen molar-refractivity contribution >= 4 is 29.9 Å². The number of ether oxygens (including phenoxy) is 1. The Kier molecular flexibility index (Phi) is 9.78. The van der Waals surface area contributed by atoms with Gasteiger partial charge in [-0.15, -0.1) is 24.0 Å². The number of rotatable bonds is 7. The van der Waals surface area contributed by atoms with E-state index in [1.54, 1.807) is 24.1 Å². The number of alkyl halides is 5. The number of hydrogen-bond acceptors (Lipinski definition) is 3. The molecule has 0 saturated heterocycles. The number of halogens is 6. The second-order valence-electron chi connectivity index (χ2n) is 6.22. The molecule has 2 aromatic rings. The molecule has 0 spiro atoms. The van der Waals surface area contributed by atoms with Gasteiger partial charge in [-0.2, -0.15) is 27.1 Å². The number of hydrogen-bond donors (Lipinski definition) is 1. The zero-order chi connectivity index (χ0) is 21.6. The molecule has 6 nitrogen and oxygen atoms in total. The van der Waals surface area contributed by atoms with Crippen LogP contribution in [0.1, 0.15) is 23.7 Å². The van der Waals surface area contributed by atoms with Crippen molar-refractivity contribution < 1.29 is 26.7 Å². The van der Waals surface area contributed by atoms with Crippen LogP contribution in [0.25, 0.3) is 0 Å². The van der Waals surface area contributed by atoms with Gasteiger partial charge < -0.3 is 15.0 Å². The van der Waals surface area contributed by atoms with Crippen molar-refractivity contribution in [2.75, 3.05) is 13.6 Å². The Morgan fingerprint density at radius 2 is 1.90 bits per heavy atom. The standard InChI is InChI=1S/C18H22F5N5O.HI/c1-4-24-17(25-9-13-11-28(3)26-15(13)18(21,22)23)27(2)10-12-5-7-14(8-6-12)29-16(19)20;/h5-8,11,16H,4,9-10H2,1-3H3,(H,24,25);1H. The molecule has 0 radical (unpaired) electrons. The fourth-order valence-corrected chi connectivity index (χ4v) is 2.65. The molecule has 0 aliphatic heterocycles. The third kappa shape index (κ3) is 7.61. The third-order valence-electron chi connectivity index (χ3n) is 3.84. The Bertz CT molecular complexity index is 823. The summed E-state index contributed by atoms with van der Waals surface area (Å²) in [6.07, 6.45) is -3.27. The first kappa shape index (κ1) is 25.9. The van der Waals surface area contributed by atoms with E-state index in [9.17, 15) is 22.0 Å². The minimum Gasteiger partial charge on any atom is -0.435 e. The summed E-state index contributed by atoms with van der Waals surface area (Å²) in [6.45, 7) is -0.379. The number of guanidine groups is 1. The lowest BCUT2D eigenvalue weighted by Crippen LogP contribution is -2.38. The Morgan fingerprint density at radius 1 is 1.27 bits per heavy atom. The largest absolute Gasteiger partial charge is 0.435 e. The Hall–Kier alpha value is -2.12. The van der Waals surface area contributed by atoms with Gasteiger partial charge in [0, 0.05) is 38.9 Å². The van der Waals surface area contributed by atoms with Gasteiger partial charge in [0.15, 0.2) is 11.7 Å². The highest BCUT2D eigenvalue weighted by Crippen LogP contribution is 2.30. The van der Waals surface area contributed by atoms with Crippen molar-refractivity contribution in [3.63, 3.8) is 0 Å². The van der Waals surface area contributed by atoms with Gasteiger partial charge in [0.05, 0.1) is 6.54 Å². The number of aliphatic imine (C=N–C) groups is 1. The van der Waals surface area contributed by atoms with Gasteiger partial charge in [0.2, 0.25) is 0 Å². The van der Waals surface area contributed by atoms with E-state index in [1.807, 2.05) is 6.92 Å². The Morgan fingerprint density at radius 3 is 2.43 bits per heavy atom. The summed E-state index contributed by atoms with van der Waals surface area (Å²) < 4.78 is 69.1. The van der Waals surface area contributed by atoms with E-state index in [-0.39, 0.29) is 41.8 Å². The van der Waals surface area contributed by atoms with Crippen LogP contribution in [0.15, 0.2) is 35.5 Å². The lowest BCUT2D eigenvalue weighted by molar-refractivity contribution is -0.142. The van der Waals surface area contributed by atoms with Crippen LogP contribution in [0.5, 0.6) is 5.75 Å². The fourth-order valence-electron chi connectivity index (χ4n) is 2.65. The van der Waals surface area contributed by atoms with Crippen molar-refractivity contribution in [1.82, 2.24) is 20.0 Å². The molecule has 0 aliphatic carbocycles. The molecule has 0 unspecified atom stereocenters. The molecule has 0 fully saturated rings. The fraction of sp³-hybridized carbons (Fsp3) is 0.444. The first-order valence-corrected chi connectivity index (χ1v) is 8.73. The van der Waals surface area contributed by atoms with Crippen molar-refractivity contribution in [2.45, 2.75) is 32.8 Å². The lowest BCUT2D eigenvalue weighted by Gasteiger charge is -2.22. The van der Waals surface area contributed by atoms with Crippen LogP contribution in [0.3, 0.4) is 0 Å². The lowest BCUT2D eigenvalue weighted by atomic mass is 10.2. The van der Waals surface area contributed by atoms with Crippen LogP contribution in [0.4, 0.5) is 22.0 Å². The number of nitrogens with zero attached hydrogens (tertiary/aromatic N) is 4. The van der Waals surface area contributed by atoms with Crippen molar-refractivity contribution in [1.29, 1.82) is 0 Å². The van der Waals surface area contributed by atoms with Gasteiger partial charge in [-0.3, -0.25) is 4.68 Å². The highest BCUT2D eigenvalue weighted by molar-refractivity contribution is 14.0. The van der Waals surface area contributed by atoms with Crippen LogP contribution in [0.2, 0.25) is 0 Å². The van der Waals surface area contributed by atoms with Crippen LogP contribution >= 0.6 is 24.0 Å². The van der Waals surface area contributed by atoms with Crippen molar-refractivity contribution in [3.05, 3.63) is 47.3 Å². The third-order valence-corrected chi connectivity index (χ3v) is 3.84. The Labute approximate surface area is 188 Å². The summed E-state index contributed by atoms with van der Waals surface area (Å²) in [5.41, 5.74) is -0.203. The predicted octanol–water partition coefficient (Wildman–Crippen LogP) is 4.26. The molecule has 168 valence electrons. The van der Waals surface area contributed by atoms with Gasteiger partial charge in [-0.1, -0.05) is 12.1 Å². The molecular formula is C18H23F5IN5O. The molecule has 30 heavy (non-hydrogen) atoms. The molecule has 0 atom stereocenters. The number of nitrogens with one attached hydrogen (secondary N) is 1. The van der Waals surface area contributed by atoms with Gasteiger partial charge in [0.1, 0.15) is 5.75 Å². The monoisotopic (exact) mass is 547 g/mol. The maximum atomic E-state index is 13.1. The second-order valence-corrected chi connectivity index (χ2v) is 6.22. The normalized spacial score (nSPS) is 12.0. The Balaban J connectivity index is 0.00000450. The topological polar surface area (TPSA) is 54.7 Å². The van der Waals surface area contributed by atoms with E-state index in [0.29, 0.717) is 19.0 Å². The molecule has 1 heterocycles. The first-order valence-electron chi connectivity index (χ1n) is 8.73. The van der Waals surface area contributed by atoms with E-state index >= 15 is 0 Å². The van der Waals surface area contributed by atoms with Crippen LogP contribution in [-0.2, 0) is 26.3 Å². The highest BCUT2D eigenvalue weighted by Gasteiger charge is 2.36. The quantitative estimate of drug-likeness (QED) is 0.244. The molecule has 2 rings (SSSR count). The highest BCUT2D eigenvalue weighted by atomic mass is 127. The molecule has 1 N–H and O–H groups in total. The van der Waals surface area contributed by atoms with Crippen molar-refractivity contribution in [2.24, 2.45) is 12.0 Å². The average molecular weight is 547 g/mol. The summed E-state index contributed by atoms with van der Waals surface area (Å²) in [4.78, 5) is 6.00. The minimum absolute atomic E-state index is 0. The average Bonchev–Trinajstić information content (AvgIpc) is 3.01. The molecule has 12 heteroatoms. The molecule has 0 bridgehead atoms. The first-order chi connectivity index (χ1) is 13.6. The molecule has 0 amide bonds. The molecule has 0 aliphatic rings. The maximum absolute atomic E-state index is 13.1. The van der Waals surface area contributed by atoms with E-state index in [0.717, 1.165) is 10.2 Å². The van der Waals surface area contributed by atoms with E-state index in [2.05, 4.69) is 20.1 Å². The molecule has 0 saturated carbocycles. The molecule has 1 aromatic heterocycles. The number of aryl methyl sites for hydroxylation is 1. The zero-order valence-corrected chi connectivity index (χ0v) is 18.9. The second kappa shape index (κ2) is 11.3. The van der Waals surface area contributed by atoms with Gasteiger partial charge >= 0.3 is 12.8 Å². The summed E-state index contributed by atoms with van der Waals surface area (Å²) >= 11 is 0. The molecular weight excluding hydrogens is 524 g/mol. The van der Waals surface area contributed by atoms with Gasteiger partial charge in [-0.25, -0.2) is 4.99 Å². The summed E-state index contributed by atoms with van der Waals surface area (Å²) in [7, 11) is 3.14. The van der Waals surface area contributed by atoms with Crippen LogP contribution in [0, 0.1) is 0 Å². The van der Waals surface area contributed by atoms with Crippen LogP contribution < -0.4 is 10.1 Å². The predicted molar refractivity (Wildman–Crippen MR) is 113 cm³/mol. The van der Waals surface area contributed by atoms with Crippen molar-refractivity contribution in [3.8, 4) is 5.75 Å². The molecule has 1 aromatic carbocycles. The van der Waals surface area contributed by atoms with Gasteiger partial charge in [-0.05, 0) is 24.6 Å².